The molecule has 3 atom stereocenters. The first-order valence-electron chi connectivity index (χ1n) is 6.46. The fourth-order valence-electron chi connectivity index (χ4n) is 2.28. The van der Waals surface area contributed by atoms with E-state index in [1.165, 1.54) is 13.8 Å². The van der Waals surface area contributed by atoms with Gasteiger partial charge in [0.25, 0.3) is 5.60 Å². The molecule has 10 heteroatoms. The Kier molecular flexibility index (Phi) is 5.33. The maximum Gasteiger partial charge on any atom is 0.348 e. The van der Waals surface area contributed by atoms with Gasteiger partial charge >= 0.3 is 23.9 Å². The topological polar surface area (TPSA) is 135 Å². The minimum atomic E-state index is -2.55. The first-order chi connectivity index (χ1) is 10.5. The first kappa shape index (κ1) is 18.8. The molecule has 1 rings (SSSR count). The summed E-state index contributed by atoms with van der Waals surface area (Å²) >= 11 is 0. The summed E-state index contributed by atoms with van der Waals surface area (Å²) in [5.74, 6) is -6.61. The number of carboxylic acids is 1. The molecule has 0 aromatic carbocycles. The molecule has 1 N–H and O–H groups in total. The number of methoxy groups -OCH3 is 2. The number of esters is 3. The Hall–Kier alpha value is -2.20. The quantitative estimate of drug-likeness (QED) is 0.505. The molecule has 1 fully saturated rings. The lowest BCUT2D eigenvalue weighted by Gasteiger charge is -2.33. The van der Waals surface area contributed by atoms with Gasteiger partial charge in [0, 0.05) is 6.92 Å². The fourth-order valence-corrected chi connectivity index (χ4v) is 2.28. The third kappa shape index (κ3) is 3.42. The van der Waals surface area contributed by atoms with Crippen LogP contribution < -0.4 is 0 Å². The Balaban J connectivity index is 3.55. The average Bonchev–Trinajstić information content (AvgIpc) is 2.75. The summed E-state index contributed by atoms with van der Waals surface area (Å²) in [6, 6.07) is 0. The van der Waals surface area contributed by atoms with Gasteiger partial charge in [0.2, 0.25) is 12.2 Å². The number of aliphatic carboxylic acids is 1. The number of hydrogen-bond acceptors (Lipinski definition) is 9. The average molecular weight is 334 g/mol. The van der Waals surface area contributed by atoms with Crippen molar-refractivity contribution in [1.29, 1.82) is 0 Å². The minimum absolute atomic E-state index is 0.940. The molecule has 130 valence electrons. The second-order valence-electron chi connectivity index (χ2n) is 5.14. The van der Waals surface area contributed by atoms with Crippen LogP contribution in [0.4, 0.5) is 0 Å². The molecule has 1 saturated heterocycles. The Morgan fingerprint density at radius 2 is 1.70 bits per heavy atom. The standard InChI is InChI=1S/C13H18O10/c1-6(14)21-7(9(15)16)13(11(18)20-5)8(10(17)19-4)22-12(2,3)23-13/h7-8H,1-5H3,(H,15,16)/t7?,8-,13+/m0/s1. The van der Waals surface area contributed by atoms with Crippen molar-refractivity contribution in [3.05, 3.63) is 0 Å². The van der Waals surface area contributed by atoms with Gasteiger partial charge in [-0.05, 0) is 13.8 Å². The smallest absolute Gasteiger partial charge is 0.348 e. The van der Waals surface area contributed by atoms with E-state index in [4.69, 9.17) is 9.47 Å². The zero-order valence-corrected chi connectivity index (χ0v) is 13.3. The number of carbonyl (C=O) groups excluding carboxylic acids is 3. The van der Waals surface area contributed by atoms with Crippen molar-refractivity contribution in [2.75, 3.05) is 14.2 Å². The number of carboxylic acid groups (broad SMARTS) is 1. The Morgan fingerprint density at radius 3 is 2.09 bits per heavy atom. The van der Waals surface area contributed by atoms with Gasteiger partial charge < -0.3 is 28.8 Å². The second kappa shape index (κ2) is 6.50. The SMILES string of the molecule is COC(=O)[C@@H]1OC(C)(C)O[C@]1(C(=O)OC)C(OC(C)=O)C(=O)O. The zero-order chi connectivity index (χ0) is 18.0. The van der Waals surface area contributed by atoms with Gasteiger partial charge in [0.15, 0.2) is 5.79 Å². The molecule has 1 aliphatic heterocycles. The molecule has 0 radical (unpaired) electrons. The van der Waals surface area contributed by atoms with Crippen molar-refractivity contribution in [3.63, 3.8) is 0 Å². The van der Waals surface area contributed by atoms with Crippen LogP contribution in [0.25, 0.3) is 0 Å². The van der Waals surface area contributed by atoms with Gasteiger partial charge in [-0.3, -0.25) is 4.79 Å². The van der Waals surface area contributed by atoms with E-state index in [1.54, 1.807) is 0 Å². The Labute approximate surface area is 131 Å². The number of hydrogen-bond donors (Lipinski definition) is 1. The summed E-state index contributed by atoms with van der Waals surface area (Å²) in [6.07, 6.45) is -3.99. The molecule has 0 bridgehead atoms. The molecule has 1 unspecified atom stereocenters. The van der Waals surface area contributed by atoms with E-state index >= 15 is 0 Å². The van der Waals surface area contributed by atoms with Crippen LogP contribution in [0, 0.1) is 0 Å². The van der Waals surface area contributed by atoms with Crippen LogP contribution in [-0.4, -0.2) is 66.8 Å². The van der Waals surface area contributed by atoms with Gasteiger partial charge in [0.05, 0.1) is 14.2 Å². The van der Waals surface area contributed by atoms with Crippen molar-refractivity contribution in [2.24, 2.45) is 0 Å². The number of carbonyl (C=O) groups is 4. The summed E-state index contributed by atoms with van der Waals surface area (Å²) in [4.78, 5) is 47.0. The molecule has 0 aromatic rings. The van der Waals surface area contributed by atoms with Gasteiger partial charge in [-0.25, -0.2) is 14.4 Å². The summed E-state index contributed by atoms with van der Waals surface area (Å²) in [7, 11) is 1.97. The fraction of sp³-hybridized carbons (Fsp3) is 0.692. The van der Waals surface area contributed by atoms with E-state index in [1.807, 2.05) is 0 Å². The molecule has 10 nitrogen and oxygen atoms in total. The van der Waals surface area contributed by atoms with E-state index in [9.17, 15) is 24.3 Å². The first-order valence-corrected chi connectivity index (χ1v) is 6.46. The van der Waals surface area contributed by atoms with Gasteiger partial charge in [-0.15, -0.1) is 0 Å². The molecule has 0 aliphatic carbocycles. The third-order valence-electron chi connectivity index (χ3n) is 3.02. The monoisotopic (exact) mass is 334 g/mol. The minimum Gasteiger partial charge on any atom is -0.478 e. The predicted molar refractivity (Wildman–Crippen MR) is 70.0 cm³/mol. The van der Waals surface area contributed by atoms with Crippen LogP contribution in [0.1, 0.15) is 20.8 Å². The van der Waals surface area contributed by atoms with Crippen molar-refractivity contribution in [1.82, 2.24) is 0 Å². The largest absolute Gasteiger partial charge is 0.478 e. The van der Waals surface area contributed by atoms with Crippen LogP contribution >= 0.6 is 0 Å². The number of ether oxygens (including phenoxy) is 5. The van der Waals surface area contributed by atoms with Crippen LogP contribution in [-0.2, 0) is 42.9 Å². The van der Waals surface area contributed by atoms with E-state index in [0.29, 0.717) is 0 Å². The number of rotatable bonds is 5. The highest BCUT2D eigenvalue weighted by Gasteiger charge is 2.70. The molecular formula is C13H18O10. The van der Waals surface area contributed by atoms with E-state index in [-0.39, 0.29) is 0 Å². The molecule has 0 spiro atoms. The zero-order valence-electron chi connectivity index (χ0n) is 13.3. The maximum atomic E-state index is 12.3. The second-order valence-corrected chi connectivity index (χ2v) is 5.14. The Bertz CT molecular complexity index is 525. The lowest BCUT2D eigenvalue weighted by atomic mass is 9.89. The predicted octanol–water partition coefficient (Wildman–Crippen LogP) is -0.761. The third-order valence-corrected chi connectivity index (χ3v) is 3.02. The Morgan fingerprint density at radius 1 is 1.13 bits per heavy atom. The van der Waals surface area contributed by atoms with E-state index in [2.05, 4.69) is 14.2 Å². The van der Waals surface area contributed by atoms with Crippen LogP contribution in [0.5, 0.6) is 0 Å². The van der Waals surface area contributed by atoms with Gasteiger partial charge in [-0.1, -0.05) is 0 Å². The maximum absolute atomic E-state index is 12.3. The lowest BCUT2D eigenvalue weighted by Crippen LogP contribution is -2.63. The molecule has 0 amide bonds. The van der Waals surface area contributed by atoms with Gasteiger partial charge in [-0.2, -0.15) is 0 Å². The summed E-state index contributed by atoms with van der Waals surface area (Å²) in [5, 5.41) is 9.36. The van der Waals surface area contributed by atoms with Crippen LogP contribution in [0.2, 0.25) is 0 Å². The van der Waals surface area contributed by atoms with Crippen molar-refractivity contribution < 1.29 is 48.0 Å². The highest BCUT2D eigenvalue weighted by molar-refractivity contribution is 5.96. The molecule has 0 saturated carbocycles. The molecule has 1 heterocycles. The molecule has 1 aliphatic rings. The summed E-state index contributed by atoms with van der Waals surface area (Å²) < 4.78 is 24.5. The van der Waals surface area contributed by atoms with E-state index in [0.717, 1.165) is 21.1 Å². The summed E-state index contributed by atoms with van der Waals surface area (Å²) in [5.41, 5.74) is -2.55. The van der Waals surface area contributed by atoms with E-state index < -0.39 is 47.5 Å². The van der Waals surface area contributed by atoms with Crippen molar-refractivity contribution in [3.8, 4) is 0 Å². The van der Waals surface area contributed by atoms with Crippen LogP contribution in [0.15, 0.2) is 0 Å². The molecule has 0 aromatic heterocycles. The van der Waals surface area contributed by atoms with Crippen molar-refractivity contribution >= 4 is 23.9 Å². The van der Waals surface area contributed by atoms with Crippen LogP contribution in [0.3, 0.4) is 0 Å². The van der Waals surface area contributed by atoms with Gasteiger partial charge in [0.1, 0.15) is 0 Å². The highest BCUT2D eigenvalue weighted by Crippen LogP contribution is 2.41. The summed E-state index contributed by atoms with van der Waals surface area (Å²) in [6.45, 7) is 3.63. The molecular weight excluding hydrogens is 316 g/mol. The lowest BCUT2D eigenvalue weighted by molar-refractivity contribution is -0.216. The molecule has 23 heavy (non-hydrogen) atoms. The normalized spacial score (nSPS) is 26.9. The highest BCUT2D eigenvalue weighted by atomic mass is 16.8. The van der Waals surface area contributed by atoms with Crippen molar-refractivity contribution in [2.45, 2.75) is 44.4 Å².